The predicted octanol–water partition coefficient (Wildman–Crippen LogP) is 2.57. The average Bonchev–Trinajstić information content (AvgIpc) is 3.05. The van der Waals surface area contributed by atoms with Crippen LogP contribution in [0.15, 0.2) is 36.5 Å². The van der Waals surface area contributed by atoms with Crippen molar-refractivity contribution in [3.63, 3.8) is 0 Å². The van der Waals surface area contributed by atoms with E-state index in [1.54, 1.807) is 17.8 Å². The van der Waals surface area contributed by atoms with Crippen LogP contribution in [-0.2, 0) is 33.7 Å². The summed E-state index contributed by atoms with van der Waals surface area (Å²) < 4.78 is 6.71. The molecule has 0 fully saturated rings. The van der Waals surface area contributed by atoms with Gasteiger partial charge in [0, 0.05) is 17.7 Å². The summed E-state index contributed by atoms with van der Waals surface area (Å²) in [7, 11) is 0. The lowest BCUT2D eigenvalue weighted by atomic mass is 9.92. The number of ether oxygens (including phenoxy) is 1. The number of aryl methyl sites for hydroxylation is 1. The highest BCUT2D eigenvalue weighted by atomic mass is 16.5. The monoisotopic (exact) mass is 355 g/mol. The van der Waals surface area contributed by atoms with Crippen molar-refractivity contribution in [2.75, 3.05) is 6.61 Å². The lowest BCUT2D eigenvalue weighted by Crippen LogP contribution is -2.31. The number of carbonyl (C=O) groups excluding carboxylic acids is 2. The van der Waals surface area contributed by atoms with Crippen LogP contribution in [0.4, 0.5) is 0 Å². The largest absolute Gasteiger partial charge is 0.465 e. The second-order valence-corrected chi connectivity index (χ2v) is 6.51. The average molecular weight is 355 g/mol. The molecule has 3 rings (SSSR count). The molecular weight excluding hydrogens is 330 g/mol. The fourth-order valence-electron chi connectivity index (χ4n) is 3.40. The molecule has 0 spiro atoms. The van der Waals surface area contributed by atoms with Crippen LogP contribution in [0.1, 0.15) is 49.0 Å². The number of amides is 1. The summed E-state index contributed by atoms with van der Waals surface area (Å²) in [6.07, 6.45) is 5.70. The van der Waals surface area contributed by atoms with Gasteiger partial charge in [-0.05, 0) is 38.2 Å². The number of esters is 1. The number of rotatable bonds is 7. The topological polar surface area (TPSA) is 73.2 Å². The van der Waals surface area contributed by atoms with Crippen LogP contribution < -0.4 is 5.32 Å². The number of benzene rings is 1. The number of nitrogens with one attached hydrogen (secondary N) is 1. The first-order valence-electron chi connectivity index (χ1n) is 9.21. The van der Waals surface area contributed by atoms with Gasteiger partial charge in [0.05, 0.1) is 18.8 Å². The van der Waals surface area contributed by atoms with Gasteiger partial charge in [-0.15, -0.1) is 0 Å². The molecule has 2 aromatic rings. The lowest BCUT2D eigenvalue weighted by Gasteiger charge is -2.24. The highest BCUT2D eigenvalue weighted by Gasteiger charge is 2.26. The van der Waals surface area contributed by atoms with E-state index in [4.69, 9.17) is 4.74 Å². The zero-order chi connectivity index (χ0) is 18.4. The van der Waals surface area contributed by atoms with Crippen molar-refractivity contribution in [2.45, 2.75) is 51.6 Å². The Morgan fingerprint density at radius 1 is 1.31 bits per heavy atom. The molecule has 1 N–H and O–H groups in total. The standard InChI is InChI=1S/C20H25N3O3/c1-2-26-20(25)14-23-18-10-6-9-17(16(18)13-21-23)22-19(24)12-11-15-7-4-3-5-8-15/h3-5,7-8,13,17H,2,6,9-12,14H2,1H3,(H,22,24)/t17-/m1/s1. The summed E-state index contributed by atoms with van der Waals surface area (Å²) in [4.78, 5) is 24.1. The van der Waals surface area contributed by atoms with E-state index in [1.165, 1.54) is 0 Å². The Hall–Kier alpha value is -2.63. The van der Waals surface area contributed by atoms with Gasteiger partial charge in [-0.25, -0.2) is 0 Å². The van der Waals surface area contributed by atoms with Crippen LogP contribution >= 0.6 is 0 Å². The highest BCUT2D eigenvalue weighted by Crippen LogP contribution is 2.29. The van der Waals surface area contributed by atoms with Gasteiger partial charge in [-0.2, -0.15) is 5.10 Å². The maximum atomic E-state index is 12.4. The zero-order valence-corrected chi connectivity index (χ0v) is 15.1. The van der Waals surface area contributed by atoms with E-state index in [1.807, 2.05) is 30.3 Å². The molecule has 1 heterocycles. The summed E-state index contributed by atoms with van der Waals surface area (Å²) in [6, 6.07) is 9.98. The third-order valence-electron chi connectivity index (χ3n) is 4.67. The number of aromatic nitrogens is 2. The maximum absolute atomic E-state index is 12.4. The molecule has 1 atom stereocenters. The Morgan fingerprint density at radius 3 is 2.88 bits per heavy atom. The van der Waals surface area contributed by atoms with Gasteiger partial charge >= 0.3 is 5.97 Å². The van der Waals surface area contributed by atoms with Crippen LogP contribution in [0, 0.1) is 0 Å². The number of hydrogen-bond donors (Lipinski definition) is 1. The number of nitrogens with zero attached hydrogens (tertiary/aromatic N) is 2. The van der Waals surface area contributed by atoms with Crippen LogP contribution in [0.5, 0.6) is 0 Å². The fourth-order valence-corrected chi connectivity index (χ4v) is 3.40. The summed E-state index contributed by atoms with van der Waals surface area (Å²) in [5.74, 6) is -0.239. The van der Waals surface area contributed by atoms with Crippen LogP contribution in [0.2, 0.25) is 0 Å². The second kappa shape index (κ2) is 8.65. The van der Waals surface area contributed by atoms with Gasteiger partial charge in [0.2, 0.25) is 5.91 Å². The van der Waals surface area contributed by atoms with Gasteiger partial charge in [-0.1, -0.05) is 30.3 Å². The van der Waals surface area contributed by atoms with E-state index < -0.39 is 0 Å². The molecule has 1 aromatic carbocycles. The van der Waals surface area contributed by atoms with Crippen molar-refractivity contribution in [3.8, 4) is 0 Å². The van der Waals surface area contributed by atoms with E-state index in [9.17, 15) is 9.59 Å². The number of hydrogen-bond acceptors (Lipinski definition) is 4. The number of carbonyl (C=O) groups is 2. The predicted molar refractivity (Wildman–Crippen MR) is 97.4 cm³/mol. The molecule has 1 amide bonds. The Labute approximate surface area is 153 Å². The molecule has 0 radical (unpaired) electrons. The Bertz CT molecular complexity index is 755. The summed E-state index contributed by atoms with van der Waals surface area (Å²) >= 11 is 0. The van der Waals surface area contributed by atoms with E-state index in [2.05, 4.69) is 10.4 Å². The molecule has 0 saturated carbocycles. The smallest absolute Gasteiger partial charge is 0.327 e. The molecule has 26 heavy (non-hydrogen) atoms. The molecule has 0 bridgehead atoms. The molecule has 1 aromatic heterocycles. The van der Waals surface area contributed by atoms with Gasteiger partial charge < -0.3 is 10.1 Å². The molecule has 0 saturated heterocycles. The lowest BCUT2D eigenvalue weighted by molar-refractivity contribution is -0.144. The molecule has 0 aliphatic heterocycles. The van der Waals surface area contributed by atoms with E-state index in [-0.39, 0.29) is 24.5 Å². The fraction of sp³-hybridized carbons (Fsp3) is 0.450. The van der Waals surface area contributed by atoms with Gasteiger partial charge in [-0.3, -0.25) is 14.3 Å². The zero-order valence-electron chi connectivity index (χ0n) is 15.1. The first-order valence-corrected chi connectivity index (χ1v) is 9.21. The van der Waals surface area contributed by atoms with Gasteiger partial charge in [0.1, 0.15) is 6.54 Å². The maximum Gasteiger partial charge on any atom is 0.327 e. The summed E-state index contributed by atoms with van der Waals surface area (Å²) in [6.45, 7) is 2.28. The van der Waals surface area contributed by atoms with Crippen molar-refractivity contribution in [3.05, 3.63) is 53.3 Å². The summed E-state index contributed by atoms with van der Waals surface area (Å²) in [5, 5.41) is 7.46. The molecule has 6 nitrogen and oxygen atoms in total. The first-order chi connectivity index (χ1) is 12.7. The molecule has 6 heteroatoms. The molecular formula is C20H25N3O3. The summed E-state index contributed by atoms with van der Waals surface area (Å²) in [5.41, 5.74) is 3.21. The molecule has 138 valence electrons. The minimum absolute atomic E-state index is 0.0297. The second-order valence-electron chi connectivity index (χ2n) is 6.51. The van der Waals surface area contributed by atoms with Crippen LogP contribution in [-0.4, -0.2) is 28.3 Å². The normalized spacial score (nSPS) is 16.0. The van der Waals surface area contributed by atoms with Gasteiger partial charge in [0.25, 0.3) is 0 Å². The Kier molecular flexibility index (Phi) is 6.04. The minimum atomic E-state index is -0.285. The molecule has 1 aliphatic rings. The van der Waals surface area contributed by atoms with Crippen molar-refractivity contribution in [1.29, 1.82) is 0 Å². The Morgan fingerprint density at radius 2 is 2.12 bits per heavy atom. The Balaban J connectivity index is 1.60. The minimum Gasteiger partial charge on any atom is -0.465 e. The molecule has 0 unspecified atom stereocenters. The van der Waals surface area contributed by atoms with Crippen LogP contribution in [0.25, 0.3) is 0 Å². The van der Waals surface area contributed by atoms with Crippen molar-refractivity contribution < 1.29 is 14.3 Å². The molecule has 1 aliphatic carbocycles. The SMILES string of the molecule is CCOC(=O)Cn1ncc2c1CCC[C@H]2NC(=O)CCc1ccccc1. The van der Waals surface area contributed by atoms with E-state index in [0.717, 1.165) is 42.5 Å². The highest BCUT2D eigenvalue weighted by molar-refractivity contribution is 5.76. The van der Waals surface area contributed by atoms with E-state index >= 15 is 0 Å². The van der Waals surface area contributed by atoms with Crippen molar-refractivity contribution in [1.82, 2.24) is 15.1 Å². The third kappa shape index (κ3) is 4.50. The first kappa shape index (κ1) is 18.2. The van der Waals surface area contributed by atoms with Gasteiger partial charge in [0.15, 0.2) is 0 Å². The third-order valence-corrected chi connectivity index (χ3v) is 4.67. The van der Waals surface area contributed by atoms with E-state index in [0.29, 0.717) is 13.0 Å². The van der Waals surface area contributed by atoms with Crippen LogP contribution in [0.3, 0.4) is 0 Å². The quantitative estimate of drug-likeness (QED) is 0.775. The number of fused-ring (bicyclic) bond motifs is 1. The van der Waals surface area contributed by atoms with Crippen molar-refractivity contribution >= 4 is 11.9 Å². The van der Waals surface area contributed by atoms with Crippen molar-refractivity contribution in [2.24, 2.45) is 0 Å².